The predicted molar refractivity (Wildman–Crippen MR) is 142 cm³/mol. The van der Waals surface area contributed by atoms with Gasteiger partial charge in [-0.05, 0) is 83.4 Å². The molecule has 208 valence electrons. The summed E-state index contributed by atoms with van der Waals surface area (Å²) in [4.78, 5) is 33.2. The van der Waals surface area contributed by atoms with Crippen LogP contribution in [0.15, 0.2) is 12.1 Å². The van der Waals surface area contributed by atoms with Crippen LogP contribution in [0.3, 0.4) is 0 Å². The quantitative estimate of drug-likeness (QED) is 0.322. The predicted octanol–water partition coefficient (Wildman–Crippen LogP) is 3.47. The Kier molecular flexibility index (Phi) is 11.4. The Bertz CT molecular complexity index is 874. The van der Waals surface area contributed by atoms with Crippen molar-refractivity contribution in [1.82, 2.24) is 20.1 Å². The lowest BCUT2D eigenvalue weighted by Crippen LogP contribution is -2.51. The lowest BCUT2D eigenvalue weighted by molar-refractivity contribution is -0.139. The summed E-state index contributed by atoms with van der Waals surface area (Å²) < 4.78 is 18.6. The maximum absolute atomic E-state index is 13.4. The Morgan fingerprint density at radius 3 is 2.70 bits per heavy atom. The van der Waals surface area contributed by atoms with Gasteiger partial charge in [-0.2, -0.15) is 0 Å². The molecular weight excluding hydrogens is 477 g/mol. The first kappa shape index (κ1) is 29.1. The number of likely N-dealkylation sites (tertiary alicyclic amines) is 1. The number of anilines is 1. The Balaban J connectivity index is 1.52. The smallest absolute Gasteiger partial charge is 0.326 e. The van der Waals surface area contributed by atoms with Gasteiger partial charge in [-0.25, -0.2) is 19.0 Å². The molecule has 2 aliphatic heterocycles. The van der Waals surface area contributed by atoms with Crippen LogP contribution in [-0.4, -0.2) is 96.1 Å². The van der Waals surface area contributed by atoms with Crippen LogP contribution in [0.4, 0.5) is 15.0 Å². The molecule has 0 bridgehead atoms. The number of aliphatic carboxylic acids is 1. The second-order valence-corrected chi connectivity index (χ2v) is 10.4. The summed E-state index contributed by atoms with van der Waals surface area (Å²) in [5.74, 6) is -0.0654. The zero-order chi connectivity index (χ0) is 26.8. The largest absolute Gasteiger partial charge is 0.480 e. The van der Waals surface area contributed by atoms with Crippen LogP contribution in [-0.2, 0) is 22.4 Å². The number of alkyl halides is 1. The van der Waals surface area contributed by atoms with E-state index >= 15 is 0 Å². The lowest BCUT2D eigenvalue weighted by atomic mass is 10.1. The highest BCUT2D eigenvalue weighted by molar-refractivity contribution is 5.83. The molecule has 37 heavy (non-hydrogen) atoms. The monoisotopic (exact) mass is 521 g/mol. The molecule has 4 unspecified atom stereocenters. The topological polar surface area (TPSA) is 107 Å². The van der Waals surface area contributed by atoms with E-state index in [1.807, 2.05) is 18.7 Å². The number of hydrogen-bond donors (Lipinski definition) is 3. The van der Waals surface area contributed by atoms with Crippen molar-refractivity contribution < 1.29 is 23.8 Å². The number of nitrogens with zero attached hydrogens (tertiary/aromatic N) is 3. The number of unbranched alkanes of at least 4 members (excludes halogenated alkanes) is 1. The molecule has 0 aliphatic carbocycles. The van der Waals surface area contributed by atoms with Crippen LogP contribution >= 0.6 is 0 Å². The molecular formula is C27H44FN5O4. The maximum atomic E-state index is 13.4. The third kappa shape index (κ3) is 8.53. The Morgan fingerprint density at radius 1 is 1.27 bits per heavy atom. The zero-order valence-electron chi connectivity index (χ0n) is 22.5. The molecule has 4 atom stereocenters. The minimum atomic E-state index is -1.06. The molecule has 10 heteroatoms. The standard InChI is InChI=1S/C27H44FN5O4/c1-19-9-10-20(2)33(19)27(36)31-24(26(34)35)13-16-32(18-23(17-28)37-3)15-5-4-8-22-12-11-21-7-6-14-29-25(21)30-22/h11-12,19-20,23-24H,4-10,13-18H2,1-3H3,(H,29,30)(H,31,36)(H,34,35). The number of carboxylic acids is 1. The Labute approximate surface area is 220 Å². The lowest BCUT2D eigenvalue weighted by Gasteiger charge is -2.30. The van der Waals surface area contributed by atoms with E-state index in [2.05, 4.69) is 22.8 Å². The summed E-state index contributed by atoms with van der Waals surface area (Å²) in [5, 5.41) is 15.8. The number of hydrogen-bond acceptors (Lipinski definition) is 6. The molecule has 1 saturated heterocycles. The fraction of sp³-hybridized carbons (Fsp3) is 0.741. The van der Waals surface area contributed by atoms with Gasteiger partial charge in [0, 0.05) is 44.5 Å². The summed E-state index contributed by atoms with van der Waals surface area (Å²) in [7, 11) is 1.48. The number of carboxylic acid groups (broad SMARTS) is 1. The number of urea groups is 1. The van der Waals surface area contributed by atoms with Crippen molar-refractivity contribution in [2.75, 3.05) is 45.3 Å². The first-order chi connectivity index (χ1) is 17.8. The fourth-order valence-corrected chi connectivity index (χ4v) is 5.31. The van der Waals surface area contributed by atoms with Crippen LogP contribution in [0.2, 0.25) is 0 Å². The van der Waals surface area contributed by atoms with Crippen molar-refractivity contribution in [2.45, 2.75) is 89.4 Å². The number of rotatable bonds is 14. The van der Waals surface area contributed by atoms with Crippen molar-refractivity contribution in [3.05, 3.63) is 23.4 Å². The van der Waals surface area contributed by atoms with Crippen LogP contribution in [0, 0.1) is 0 Å². The Hall–Kier alpha value is -2.46. The molecule has 3 N–H and O–H groups in total. The summed E-state index contributed by atoms with van der Waals surface area (Å²) in [6.07, 6.45) is 6.32. The van der Waals surface area contributed by atoms with Crippen LogP contribution in [0.1, 0.15) is 63.6 Å². The highest BCUT2D eigenvalue weighted by atomic mass is 19.1. The second kappa shape index (κ2) is 14.5. The molecule has 2 amide bonds. The van der Waals surface area contributed by atoms with E-state index < -0.39 is 24.8 Å². The third-order valence-electron chi connectivity index (χ3n) is 7.59. The minimum absolute atomic E-state index is 0.0911. The highest BCUT2D eigenvalue weighted by Gasteiger charge is 2.33. The molecule has 1 aromatic rings. The van der Waals surface area contributed by atoms with Gasteiger partial charge in [-0.3, -0.25) is 0 Å². The fourth-order valence-electron chi connectivity index (χ4n) is 5.31. The van der Waals surface area contributed by atoms with Crippen LogP contribution in [0.5, 0.6) is 0 Å². The van der Waals surface area contributed by atoms with Gasteiger partial charge >= 0.3 is 12.0 Å². The van der Waals surface area contributed by atoms with Crippen molar-refractivity contribution in [3.63, 3.8) is 0 Å². The molecule has 0 radical (unpaired) electrons. The first-order valence-corrected chi connectivity index (χ1v) is 13.7. The van der Waals surface area contributed by atoms with Gasteiger partial charge in [-0.15, -0.1) is 0 Å². The summed E-state index contributed by atoms with van der Waals surface area (Å²) in [6.45, 7) is 5.79. The molecule has 0 aromatic carbocycles. The number of carbonyl (C=O) groups excluding carboxylic acids is 1. The highest BCUT2D eigenvalue weighted by Crippen LogP contribution is 2.23. The van der Waals surface area contributed by atoms with Gasteiger partial charge in [0.15, 0.2) is 0 Å². The molecule has 9 nitrogen and oxygen atoms in total. The van der Waals surface area contributed by atoms with E-state index in [9.17, 15) is 19.1 Å². The number of carbonyl (C=O) groups is 2. The van der Waals surface area contributed by atoms with Gasteiger partial charge in [0.05, 0.1) is 6.10 Å². The molecule has 1 aromatic heterocycles. The van der Waals surface area contributed by atoms with Crippen molar-refractivity contribution in [1.29, 1.82) is 0 Å². The molecule has 0 spiro atoms. The SMILES string of the molecule is COC(CF)CN(CCCCc1ccc2c(n1)NCCC2)CCC(NC(=O)N1C(C)CCC1C)C(=O)O. The average Bonchev–Trinajstić information content (AvgIpc) is 3.24. The van der Waals surface area contributed by atoms with Crippen molar-refractivity contribution in [2.24, 2.45) is 0 Å². The zero-order valence-corrected chi connectivity index (χ0v) is 22.5. The molecule has 0 saturated carbocycles. The number of aromatic nitrogens is 1. The molecule has 2 aliphatic rings. The normalized spacial score (nSPS) is 20.8. The molecule has 1 fully saturated rings. The number of ether oxygens (including phenoxy) is 1. The number of pyridine rings is 1. The number of amides is 2. The van der Waals surface area contributed by atoms with Crippen LogP contribution < -0.4 is 10.6 Å². The maximum Gasteiger partial charge on any atom is 0.326 e. The van der Waals surface area contributed by atoms with Gasteiger partial charge in [-0.1, -0.05) is 6.07 Å². The number of methoxy groups -OCH3 is 1. The average molecular weight is 522 g/mol. The first-order valence-electron chi connectivity index (χ1n) is 13.7. The van der Waals surface area contributed by atoms with E-state index in [1.54, 1.807) is 4.90 Å². The number of nitrogens with one attached hydrogen (secondary N) is 2. The summed E-state index contributed by atoms with van der Waals surface area (Å²) >= 11 is 0. The van der Waals surface area contributed by atoms with E-state index in [-0.39, 0.29) is 24.5 Å². The van der Waals surface area contributed by atoms with Gasteiger partial charge in [0.25, 0.3) is 0 Å². The van der Waals surface area contributed by atoms with E-state index in [1.165, 1.54) is 12.7 Å². The number of aryl methyl sites for hydroxylation is 2. The van der Waals surface area contributed by atoms with E-state index in [4.69, 9.17) is 9.72 Å². The summed E-state index contributed by atoms with van der Waals surface area (Å²) in [6, 6.07) is 3.10. The van der Waals surface area contributed by atoms with Crippen molar-refractivity contribution in [3.8, 4) is 0 Å². The van der Waals surface area contributed by atoms with E-state index in [0.29, 0.717) is 19.6 Å². The van der Waals surface area contributed by atoms with Gasteiger partial charge in [0.2, 0.25) is 0 Å². The van der Waals surface area contributed by atoms with Gasteiger partial charge in [0.1, 0.15) is 18.5 Å². The third-order valence-corrected chi connectivity index (χ3v) is 7.59. The Morgan fingerprint density at radius 2 is 2.03 bits per heavy atom. The summed E-state index contributed by atoms with van der Waals surface area (Å²) in [5.41, 5.74) is 2.32. The number of fused-ring (bicyclic) bond motifs is 1. The molecule has 3 heterocycles. The van der Waals surface area contributed by atoms with Crippen molar-refractivity contribution >= 4 is 17.8 Å². The van der Waals surface area contributed by atoms with E-state index in [0.717, 1.165) is 63.0 Å². The number of halogens is 1. The minimum Gasteiger partial charge on any atom is -0.480 e. The molecule has 3 rings (SSSR count). The van der Waals surface area contributed by atoms with Gasteiger partial charge < -0.3 is 30.3 Å². The van der Waals surface area contributed by atoms with Crippen LogP contribution in [0.25, 0.3) is 0 Å². The second-order valence-electron chi connectivity index (χ2n) is 10.4.